The summed E-state index contributed by atoms with van der Waals surface area (Å²) in [5, 5.41) is 0.931. The highest BCUT2D eigenvalue weighted by atomic mass is 19.1. The third-order valence-corrected chi connectivity index (χ3v) is 7.13. The molecule has 0 saturated carbocycles. The van der Waals surface area contributed by atoms with E-state index in [9.17, 15) is 18.0 Å². The van der Waals surface area contributed by atoms with E-state index in [-0.39, 0.29) is 23.7 Å². The summed E-state index contributed by atoms with van der Waals surface area (Å²) in [5.41, 5.74) is 3.73. The number of amides is 1. The molecule has 0 spiro atoms. The van der Waals surface area contributed by atoms with Crippen LogP contribution in [0, 0.1) is 17.5 Å². The van der Waals surface area contributed by atoms with Crippen LogP contribution in [0.15, 0.2) is 66.9 Å². The Morgan fingerprint density at radius 2 is 1.69 bits per heavy atom. The number of aromatic nitrogens is 1. The van der Waals surface area contributed by atoms with Crippen molar-refractivity contribution in [3.63, 3.8) is 0 Å². The number of rotatable bonds is 6. The van der Waals surface area contributed by atoms with Crippen LogP contribution in [0.5, 0.6) is 0 Å². The number of benzene rings is 3. The lowest BCUT2D eigenvalue weighted by atomic mass is 9.87. The van der Waals surface area contributed by atoms with Gasteiger partial charge in [-0.25, -0.2) is 13.2 Å². The van der Waals surface area contributed by atoms with Gasteiger partial charge in [-0.2, -0.15) is 0 Å². The first-order valence-corrected chi connectivity index (χ1v) is 12.3. The van der Waals surface area contributed by atoms with Crippen LogP contribution >= 0.6 is 0 Å². The monoisotopic (exact) mass is 491 g/mol. The molecule has 2 heterocycles. The highest BCUT2D eigenvalue weighted by molar-refractivity contribution is 5.88. The molecule has 4 aromatic rings. The number of aromatic amines is 1. The molecule has 36 heavy (non-hydrogen) atoms. The molecule has 1 fully saturated rings. The van der Waals surface area contributed by atoms with Crippen molar-refractivity contribution in [3.8, 4) is 0 Å². The quantitative estimate of drug-likeness (QED) is 0.358. The van der Waals surface area contributed by atoms with Crippen molar-refractivity contribution >= 4 is 22.5 Å². The Morgan fingerprint density at radius 3 is 2.42 bits per heavy atom. The zero-order valence-corrected chi connectivity index (χ0v) is 20.1. The number of hydrogen-bond acceptors (Lipinski definition) is 2. The first kappa shape index (κ1) is 24.0. The Balaban J connectivity index is 1.41. The second-order valence-electron chi connectivity index (χ2n) is 9.18. The van der Waals surface area contributed by atoms with E-state index in [0.29, 0.717) is 31.9 Å². The maximum atomic E-state index is 15.0. The fourth-order valence-corrected chi connectivity index (χ4v) is 5.20. The fourth-order valence-electron chi connectivity index (χ4n) is 5.20. The standard InChI is InChI=1S/C29H28F3N3O/c1-2-19-6-5-7-22-24(18-33-29(19)22)23(21-11-10-20(30)16-26(21)32)17-28(36)35-14-12-34(13-15-35)27-9-4-3-8-25(27)31/h3-11,16,18,23,33H,2,12-15,17H2,1H3. The first-order valence-electron chi connectivity index (χ1n) is 12.3. The van der Waals surface area contributed by atoms with Crippen LogP contribution in [0.1, 0.15) is 36.0 Å². The number of anilines is 1. The number of para-hydroxylation sites is 2. The normalized spacial score (nSPS) is 14.9. The van der Waals surface area contributed by atoms with Crippen LogP contribution in [0.4, 0.5) is 18.9 Å². The van der Waals surface area contributed by atoms with Gasteiger partial charge < -0.3 is 14.8 Å². The Bertz CT molecular complexity index is 1390. The van der Waals surface area contributed by atoms with Crippen molar-refractivity contribution in [2.24, 2.45) is 0 Å². The molecule has 7 heteroatoms. The maximum absolute atomic E-state index is 15.0. The van der Waals surface area contributed by atoms with E-state index < -0.39 is 17.6 Å². The average molecular weight is 492 g/mol. The zero-order valence-electron chi connectivity index (χ0n) is 20.1. The largest absolute Gasteiger partial charge is 0.366 e. The first-order chi connectivity index (χ1) is 17.5. The molecule has 1 unspecified atom stereocenters. The number of nitrogens with zero attached hydrogens (tertiary/aromatic N) is 2. The van der Waals surface area contributed by atoms with Crippen molar-refractivity contribution in [1.82, 2.24) is 9.88 Å². The van der Waals surface area contributed by atoms with Crippen molar-refractivity contribution in [3.05, 3.63) is 101 Å². The van der Waals surface area contributed by atoms with Crippen molar-refractivity contribution in [2.45, 2.75) is 25.7 Å². The second-order valence-corrected chi connectivity index (χ2v) is 9.18. The van der Waals surface area contributed by atoms with E-state index in [1.165, 1.54) is 18.2 Å². The van der Waals surface area contributed by atoms with Crippen molar-refractivity contribution in [1.29, 1.82) is 0 Å². The molecular formula is C29H28F3N3O. The second kappa shape index (κ2) is 10.1. The number of halogens is 3. The van der Waals surface area contributed by atoms with Crippen LogP contribution in [0.3, 0.4) is 0 Å². The van der Waals surface area contributed by atoms with Crippen molar-refractivity contribution in [2.75, 3.05) is 31.1 Å². The molecule has 1 atom stereocenters. The number of hydrogen-bond donors (Lipinski definition) is 1. The molecule has 1 N–H and O–H groups in total. The van der Waals surface area contributed by atoms with Gasteiger partial charge in [0.05, 0.1) is 5.69 Å². The molecule has 1 saturated heterocycles. The molecular weight excluding hydrogens is 463 g/mol. The van der Waals surface area contributed by atoms with Gasteiger partial charge in [0.1, 0.15) is 17.5 Å². The molecule has 186 valence electrons. The van der Waals surface area contributed by atoms with Gasteiger partial charge >= 0.3 is 0 Å². The van der Waals surface area contributed by atoms with E-state index in [0.717, 1.165) is 34.5 Å². The number of carbonyl (C=O) groups is 1. The van der Waals surface area contributed by atoms with Crippen LogP contribution in [-0.4, -0.2) is 42.0 Å². The summed E-state index contributed by atoms with van der Waals surface area (Å²) in [5.74, 6) is -2.30. The zero-order chi connectivity index (χ0) is 25.2. The topological polar surface area (TPSA) is 39.3 Å². The van der Waals surface area contributed by atoms with Gasteiger partial charge in [-0.1, -0.05) is 43.3 Å². The van der Waals surface area contributed by atoms with E-state index >= 15 is 0 Å². The maximum Gasteiger partial charge on any atom is 0.223 e. The molecule has 0 radical (unpaired) electrons. The Labute approximate surface area is 208 Å². The van der Waals surface area contributed by atoms with Gasteiger partial charge in [-0.15, -0.1) is 0 Å². The van der Waals surface area contributed by atoms with Gasteiger partial charge in [-0.05, 0) is 41.3 Å². The van der Waals surface area contributed by atoms with E-state index in [1.54, 1.807) is 23.1 Å². The van der Waals surface area contributed by atoms with Gasteiger partial charge in [0, 0.05) is 61.7 Å². The number of piperazine rings is 1. The Kier molecular flexibility index (Phi) is 6.72. The minimum Gasteiger partial charge on any atom is -0.366 e. The predicted octanol–water partition coefficient (Wildman–Crippen LogP) is 6.02. The molecule has 3 aromatic carbocycles. The van der Waals surface area contributed by atoms with Crippen LogP contribution < -0.4 is 4.90 Å². The number of fused-ring (bicyclic) bond motifs is 1. The highest BCUT2D eigenvalue weighted by Gasteiger charge is 2.29. The third kappa shape index (κ3) is 4.57. The molecule has 1 aromatic heterocycles. The highest BCUT2D eigenvalue weighted by Crippen LogP contribution is 2.36. The summed E-state index contributed by atoms with van der Waals surface area (Å²) in [6.07, 6.45) is 2.71. The van der Waals surface area contributed by atoms with Crippen molar-refractivity contribution < 1.29 is 18.0 Å². The molecule has 1 aliphatic heterocycles. The number of H-pyrrole nitrogens is 1. The minimum atomic E-state index is -0.668. The lowest BCUT2D eigenvalue weighted by Crippen LogP contribution is -2.49. The molecule has 1 amide bonds. The third-order valence-electron chi connectivity index (χ3n) is 7.13. The summed E-state index contributed by atoms with van der Waals surface area (Å²) in [6, 6.07) is 16.1. The smallest absolute Gasteiger partial charge is 0.223 e. The molecule has 0 bridgehead atoms. The Morgan fingerprint density at radius 1 is 0.917 bits per heavy atom. The number of nitrogens with one attached hydrogen (secondary N) is 1. The van der Waals surface area contributed by atoms with Gasteiger partial charge in [-0.3, -0.25) is 4.79 Å². The van der Waals surface area contributed by atoms with Crippen LogP contribution in [0.2, 0.25) is 0 Å². The summed E-state index contributed by atoms with van der Waals surface area (Å²) < 4.78 is 42.9. The van der Waals surface area contributed by atoms with Crippen LogP contribution in [-0.2, 0) is 11.2 Å². The fraction of sp³-hybridized carbons (Fsp3) is 0.276. The lowest BCUT2D eigenvalue weighted by molar-refractivity contribution is -0.131. The average Bonchev–Trinajstić information content (AvgIpc) is 3.32. The molecule has 1 aliphatic rings. The van der Waals surface area contributed by atoms with Gasteiger partial charge in [0.2, 0.25) is 5.91 Å². The molecule has 0 aliphatic carbocycles. The SMILES string of the molecule is CCc1cccc2c(C(CC(=O)N3CCN(c4ccccc4F)CC3)c3ccc(F)cc3F)c[nH]c12. The summed E-state index contributed by atoms with van der Waals surface area (Å²) in [4.78, 5) is 20.4. The number of carbonyl (C=O) groups excluding carboxylic acids is 1. The van der Waals surface area contributed by atoms with Gasteiger partial charge in [0.25, 0.3) is 0 Å². The molecule has 5 rings (SSSR count). The number of aryl methyl sites for hydroxylation is 1. The minimum absolute atomic E-state index is 0.0472. The predicted molar refractivity (Wildman–Crippen MR) is 136 cm³/mol. The summed E-state index contributed by atoms with van der Waals surface area (Å²) in [6.45, 7) is 3.97. The van der Waals surface area contributed by atoms with E-state index in [1.807, 2.05) is 29.3 Å². The Hall–Kier alpha value is -3.74. The van der Waals surface area contributed by atoms with E-state index in [2.05, 4.69) is 11.9 Å². The van der Waals surface area contributed by atoms with Crippen LogP contribution in [0.25, 0.3) is 10.9 Å². The summed E-state index contributed by atoms with van der Waals surface area (Å²) >= 11 is 0. The summed E-state index contributed by atoms with van der Waals surface area (Å²) in [7, 11) is 0. The lowest BCUT2D eigenvalue weighted by Gasteiger charge is -2.36. The van der Waals surface area contributed by atoms with Gasteiger partial charge in [0.15, 0.2) is 0 Å². The van der Waals surface area contributed by atoms with E-state index in [4.69, 9.17) is 0 Å². The molecule has 4 nitrogen and oxygen atoms in total.